The molecule has 1 unspecified atom stereocenters. The van der Waals surface area contributed by atoms with Gasteiger partial charge in [-0.15, -0.1) is 0 Å². The van der Waals surface area contributed by atoms with Crippen LogP contribution >= 0.6 is 0 Å². The summed E-state index contributed by atoms with van der Waals surface area (Å²) in [5.41, 5.74) is 7.05. The number of nitrogens with one attached hydrogen (secondary N) is 2. The van der Waals surface area contributed by atoms with Crippen LogP contribution in [-0.2, 0) is 15.0 Å². The predicted molar refractivity (Wildman–Crippen MR) is 75.9 cm³/mol. The smallest absolute Gasteiger partial charge is 0.230 e. The summed E-state index contributed by atoms with van der Waals surface area (Å²) in [6.45, 7) is 0.530. The Morgan fingerprint density at radius 3 is 2.55 bits per heavy atom. The molecule has 0 bridgehead atoms. The third kappa shape index (κ3) is 2.35. The first-order valence-electron chi connectivity index (χ1n) is 7.04. The average Bonchev–Trinajstić information content (AvgIpc) is 3.24. The van der Waals surface area contributed by atoms with Crippen LogP contribution in [0.2, 0.25) is 0 Å². The van der Waals surface area contributed by atoms with E-state index in [1.54, 1.807) is 0 Å². The van der Waals surface area contributed by atoms with Gasteiger partial charge in [0.1, 0.15) is 0 Å². The largest absolute Gasteiger partial charge is 0.399 e. The third-order valence-electron chi connectivity index (χ3n) is 4.25. The Bertz CT molecular complexity index is 525. The molecule has 5 heteroatoms. The average molecular weight is 273 g/mol. The number of rotatable bonds is 3. The summed E-state index contributed by atoms with van der Waals surface area (Å²) in [4.78, 5) is 23.6. The van der Waals surface area contributed by atoms with E-state index in [0.29, 0.717) is 18.7 Å². The van der Waals surface area contributed by atoms with Crippen molar-refractivity contribution < 1.29 is 9.59 Å². The molecular weight excluding hydrogens is 254 g/mol. The molecule has 1 aliphatic carbocycles. The topological polar surface area (TPSA) is 84.2 Å². The van der Waals surface area contributed by atoms with Crippen molar-refractivity contribution in [3.05, 3.63) is 29.8 Å². The molecule has 1 aromatic carbocycles. The lowest BCUT2D eigenvalue weighted by atomic mass is 9.94. The molecule has 20 heavy (non-hydrogen) atoms. The lowest BCUT2D eigenvalue weighted by Gasteiger charge is -2.26. The maximum atomic E-state index is 12.5. The Hall–Kier alpha value is -2.04. The van der Waals surface area contributed by atoms with Crippen LogP contribution < -0.4 is 16.4 Å². The van der Waals surface area contributed by atoms with Crippen LogP contribution in [0, 0.1) is 0 Å². The van der Waals surface area contributed by atoms with Crippen molar-refractivity contribution in [1.82, 2.24) is 10.6 Å². The van der Waals surface area contributed by atoms with Gasteiger partial charge in [0.15, 0.2) is 0 Å². The fourth-order valence-electron chi connectivity index (χ4n) is 2.75. The predicted octanol–water partition coefficient (Wildman–Crippen LogP) is 0.695. The summed E-state index contributed by atoms with van der Waals surface area (Å²) in [7, 11) is 0. The Kier molecular flexibility index (Phi) is 3.12. The Morgan fingerprint density at radius 2 is 2.00 bits per heavy atom. The first kappa shape index (κ1) is 13.0. The highest BCUT2D eigenvalue weighted by Gasteiger charge is 2.51. The monoisotopic (exact) mass is 273 g/mol. The molecule has 5 nitrogen and oxygen atoms in total. The van der Waals surface area contributed by atoms with Gasteiger partial charge < -0.3 is 16.4 Å². The Balaban J connectivity index is 1.67. The van der Waals surface area contributed by atoms with Gasteiger partial charge in [-0.25, -0.2) is 0 Å². The Morgan fingerprint density at radius 1 is 1.30 bits per heavy atom. The molecule has 1 aromatic rings. The molecule has 2 amide bonds. The van der Waals surface area contributed by atoms with Gasteiger partial charge in [0.2, 0.25) is 11.8 Å². The zero-order valence-electron chi connectivity index (χ0n) is 11.3. The lowest BCUT2D eigenvalue weighted by Crippen LogP contribution is -2.50. The molecule has 4 N–H and O–H groups in total. The van der Waals surface area contributed by atoms with E-state index in [0.717, 1.165) is 24.8 Å². The maximum Gasteiger partial charge on any atom is 0.230 e. The first-order valence-corrected chi connectivity index (χ1v) is 7.04. The molecule has 3 rings (SSSR count). The molecule has 0 spiro atoms. The summed E-state index contributed by atoms with van der Waals surface area (Å²) >= 11 is 0. The molecule has 2 aliphatic rings. The first-order chi connectivity index (χ1) is 9.60. The minimum absolute atomic E-state index is 0.0476. The van der Waals surface area contributed by atoms with Crippen LogP contribution in [0.15, 0.2) is 24.3 Å². The maximum absolute atomic E-state index is 12.5. The van der Waals surface area contributed by atoms with E-state index in [1.165, 1.54) is 0 Å². The second-order valence-electron chi connectivity index (χ2n) is 5.72. The number of nitrogen functional groups attached to an aromatic ring is 1. The van der Waals surface area contributed by atoms with Crippen LogP contribution in [0.25, 0.3) is 0 Å². The molecular formula is C15H19N3O2. The van der Waals surface area contributed by atoms with E-state index in [9.17, 15) is 9.59 Å². The van der Waals surface area contributed by atoms with Crippen molar-refractivity contribution in [3.63, 3.8) is 0 Å². The molecule has 1 saturated heterocycles. The number of carbonyl (C=O) groups is 2. The molecule has 1 saturated carbocycles. The van der Waals surface area contributed by atoms with Crippen molar-refractivity contribution in [2.45, 2.75) is 37.1 Å². The number of carbonyl (C=O) groups excluding carboxylic acids is 2. The van der Waals surface area contributed by atoms with Crippen molar-refractivity contribution in [2.75, 3.05) is 12.3 Å². The fraction of sp³-hybridized carbons (Fsp3) is 0.467. The summed E-state index contributed by atoms with van der Waals surface area (Å²) < 4.78 is 0. The van der Waals surface area contributed by atoms with Crippen LogP contribution in [0.4, 0.5) is 5.69 Å². The number of piperidine rings is 1. The zero-order chi connectivity index (χ0) is 14.2. The van der Waals surface area contributed by atoms with Gasteiger partial charge in [0.05, 0.1) is 5.41 Å². The van der Waals surface area contributed by atoms with E-state index < -0.39 is 0 Å². The summed E-state index contributed by atoms with van der Waals surface area (Å²) in [6.07, 6.45) is 2.96. The fourth-order valence-corrected chi connectivity index (χ4v) is 2.75. The summed E-state index contributed by atoms with van der Waals surface area (Å²) in [5.74, 6) is 0.138. The normalized spacial score (nSPS) is 23.8. The van der Waals surface area contributed by atoms with Crippen LogP contribution in [0.5, 0.6) is 0 Å². The standard InChI is InChI=1S/C15H19N3O2/c16-11-3-1-10(2-4-11)15(7-8-15)14(20)18-12-5-6-13(19)17-9-12/h1-4,12H,5-9,16H2,(H,17,19)(H,18,20). The summed E-state index contributed by atoms with van der Waals surface area (Å²) in [6, 6.07) is 7.59. The van der Waals surface area contributed by atoms with Crippen molar-refractivity contribution in [3.8, 4) is 0 Å². The summed E-state index contributed by atoms with van der Waals surface area (Å²) in [5, 5.41) is 5.86. The highest BCUT2D eigenvalue weighted by molar-refractivity contribution is 5.91. The van der Waals surface area contributed by atoms with Gasteiger partial charge >= 0.3 is 0 Å². The molecule has 0 radical (unpaired) electrons. The SMILES string of the molecule is Nc1ccc(C2(C(=O)NC3CCC(=O)NC3)CC2)cc1. The number of anilines is 1. The van der Waals surface area contributed by atoms with Crippen LogP contribution in [0.1, 0.15) is 31.2 Å². The van der Waals surface area contributed by atoms with Gasteiger partial charge in [-0.2, -0.15) is 0 Å². The van der Waals surface area contributed by atoms with Gasteiger partial charge in [-0.1, -0.05) is 12.1 Å². The van der Waals surface area contributed by atoms with Gasteiger partial charge in [0.25, 0.3) is 0 Å². The molecule has 106 valence electrons. The Labute approximate surface area is 117 Å². The van der Waals surface area contributed by atoms with Crippen molar-refractivity contribution in [1.29, 1.82) is 0 Å². The number of nitrogens with two attached hydrogens (primary N) is 1. The molecule has 2 fully saturated rings. The zero-order valence-corrected chi connectivity index (χ0v) is 11.3. The van der Waals surface area contributed by atoms with Gasteiger partial charge in [0, 0.05) is 24.7 Å². The van der Waals surface area contributed by atoms with E-state index in [-0.39, 0.29) is 23.3 Å². The number of hydrogen-bond donors (Lipinski definition) is 3. The molecule has 0 aromatic heterocycles. The minimum atomic E-state index is -0.380. The van der Waals surface area contributed by atoms with Crippen molar-refractivity contribution >= 4 is 17.5 Å². The highest BCUT2D eigenvalue weighted by atomic mass is 16.2. The van der Waals surface area contributed by atoms with Crippen LogP contribution in [0.3, 0.4) is 0 Å². The van der Waals surface area contributed by atoms with Gasteiger partial charge in [-0.3, -0.25) is 9.59 Å². The van der Waals surface area contributed by atoms with E-state index >= 15 is 0 Å². The van der Waals surface area contributed by atoms with Gasteiger partial charge in [-0.05, 0) is 37.0 Å². The highest BCUT2D eigenvalue weighted by Crippen LogP contribution is 2.48. The van der Waals surface area contributed by atoms with Crippen molar-refractivity contribution in [2.24, 2.45) is 0 Å². The van der Waals surface area contributed by atoms with E-state index in [4.69, 9.17) is 5.73 Å². The number of hydrogen-bond acceptors (Lipinski definition) is 3. The quantitative estimate of drug-likeness (QED) is 0.709. The molecule has 1 aliphatic heterocycles. The molecule has 1 atom stereocenters. The lowest BCUT2D eigenvalue weighted by molar-refractivity contribution is -0.127. The van der Waals surface area contributed by atoms with E-state index in [1.807, 2.05) is 24.3 Å². The van der Waals surface area contributed by atoms with Crippen LogP contribution in [-0.4, -0.2) is 24.4 Å². The number of benzene rings is 1. The molecule has 1 heterocycles. The number of amides is 2. The van der Waals surface area contributed by atoms with E-state index in [2.05, 4.69) is 10.6 Å². The second kappa shape index (κ2) is 4.81. The second-order valence-corrected chi connectivity index (χ2v) is 5.72. The minimum Gasteiger partial charge on any atom is -0.399 e. The third-order valence-corrected chi connectivity index (χ3v) is 4.25.